The predicted molar refractivity (Wildman–Crippen MR) is 40.0 cm³/mol. The number of halogens is 1. The van der Waals surface area contributed by atoms with Gasteiger partial charge in [0.25, 0.3) is 0 Å². The summed E-state index contributed by atoms with van der Waals surface area (Å²) in [6, 6.07) is 0. The third kappa shape index (κ3) is 3.73. The second kappa shape index (κ2) is 5.03. The van der Waals surface area contributed by atoms with E-state index in [0.29, 0.717) is 0 Å². The first-order valence-electron chi connectivity index (χ1n) is 3.28. The van der Waals surface area contributed by atoms with Crippen LogP contribution in [0.5, 0.6) is 0 Å². The fraction of sp³-hybridized carbons (Fsp3) is 1.00. The van der Waals surface area contributed by atoms with Crippen LogP contribution in [0.4, 0.5) is 0 Å². The molecule has 1 atom stereocenters. The molecule has 0 bridgehead atoms. The van der Waals surface area contributed by atoms with Crippen molar-refractivity contribution in [3.63, 3.8) is 0 Å². The number of hydrogen-bond donors (Lipinski definition) is 2. The van der Waals surface area contributed by atoms with Gasteiger partial charge in [0.2, 0.25) is 0 Å². The van der Waals surface area contributed by atoms with Crippen molar-refractivity contribution < 1.29 is 5.11 Å². The Kier molecular flexibility index (Phi) is 5.15. The summed E-state index contributed by atoms with van der Waals surface area (Å²) in [6.45, 7) is 2.07. The van der Waals surface area contributed by atoms with E-state index in [0.717, 1.165) is 32.4 Å². The van der Waals surface area contributed by atoms with E-state index in [1.165, 1.54) is 0 Å². The van der Waals surface area contributed by atoms with Crippen LogP contribution in [0.25, 0.3) is 0 Å². The smallest absolute Gasteiger partial charge is 0.0552 e. The fourth-order valence-corrected chi connectivity index (χ4v) is 1.00. The number of hydrogen-bond acceptors (Lipinski definition) is 2. The zero-order valence-corrected chi connectivity index (χ0v) is 6.28. The van der Waals surface area contributed by atoms with Gasteiger partial charge in [-0.1, -0.05) is 0 Å². The summed E-state index contributed by atoms with van der Waals surface area (Å²) in [6.07, 6.45) is 3.00. The molecule has 56 valence electrons. The Bertz CT molecular complexity index is 62.1. The molecule has 0 aromatic rings. The van der Waals surface area contributed by atoms with Gasteiger partial charge in [-0.05, 0) is 32.4 Å². The zero-order chi connectivity index (χ0) is 5.82. The monoisotopic (exact) mass is 151 g/mol. The van der Waals surface area contributed by atoms with E-state index in [-0.39, 0.29) is 18.5 Å². The largest absolute Gasteiger partial charge is 0.393 e. The Labute approximate surface area is 62.1 Å². The number of aliphatic hydroxyl groups excluding tert-OH is 1. The summed E-state index contributed by atoms with van der Waals surface area (Å²) in [4.78, 5) is 0. The second-order valence-electron chi connectivity index (χ2n) is 2.33. The van der Waals surface area contributed by atoms with Crippen molar-refractivity contribution in [2.45, 2.75) is 25.4 Å². The lowest BCUT2D eigenvalue weighted by Crippen LogP contribution is -2.14. The van der Waals surface area contributed by atoms with Crippen LogP contribution in [-0.2, 0) is 0 Å². The van der Waals surface area contributed by atoms with Gasteiger partial charge in [0, 0.05) is 0 Å². The van der Waals surface area contributed by atoms with E-state index in [4.69, 9.17) is 5.11 Å². The Morgan fingerprint density at radius 1 is 1.22 bits per heavy atom. The Hall–Kier alpha value is 0.210. The molecule has 1 unspecified atom stereocenters. The minimum atomic E-state index is -0.0370. The summed E-state index contributed by atoms with van der Waals surface area (Å²) in [5.74, 6) is 0. The third-order valence-electron chi connectivity index (χ3n) is 1.55. The molecule has 1 fully saturated rings. The van der Waals surface area contributed by atoms with Gasteiger partial charge in [0.15, 0.2) is 0 Å². The molecule has 0 aromatic carbocycles. The molecular weight excluding hydrogens is 138 g/mol. The lowest BCUT2D eigenvalue weighted by molar-refractivity contribution is 0.161. The van der Waals surface area contributed by atoms with Crippen LogP contribution in [0, 0.1) is 0 Å². The average Bonchev–Trinajstić information content (AvgIpc) is 1.94. The highest BCUT2D eigenvalue weighted by Gasteiger charge is 2.05. The highest BCUT2D eigenvalue weighted by molar-refractivity contribution is 5.85. The highest BCUT2D eigenvalue weighted by atomic mass is 35.5. The minimum Gasteiger partial charge on any atom is -0.393 e. The van der Waals surface area contributed by atoms with Crippen molar-refractivity contribution >= 4 is 12.4 Å². The first kappa shape index (κ1) is 9.21. The summed E-state index contributed by atoms with van der Waals surface area (Å²) >= 11 is 0. The SMILES string of the molecule is Cl.OC1CCCNCC1. The summed E-state index contributed by atoms with van der Waals surface area (Å²) in [5.41, 5.74) is 0. The van der Waals surface area contributed by atoms with Crippen LogP contribution in [0.3, 0.4) is 0 Å². The van der Waals surface area contributed by atoms with Crippen molar-refractivity contribution in [1.82, 2.24) is 5.32 Å². The first-order chi connectivity index (χ1) is 3.89. The Morgan fingerprint density at radius 3 is 2.78 bits per heavy atom. The predicted octanol–water partition coefficient (Wildman–Crippen LogP) is 0.543. The Balaban J connectivity index is 0.000000640. The topological polar surface area (TPSA) is 32.3 Å². The quantitative estimate of drug-likeness (QED) is 0.530. The van der Waals surface area contributed by atoms with E-state index in [9.17, 15) is 0 Å². The van der Waals surface area contributed by atoms with Gasteiger partial charge >= 0.3 is 0 Å². The molecule has 1 rings (SSSR count). The van der Waals surface area contributed by atoms with E-state index in [1.807, 2.05) is 0 Å². The van der Waals surface area contributed by atoms with Gasteiger partial charge in [0.05, 0.1) is 6.10 Å². The normalized spacial score (nSPS) is 28.3. The third-order valence-corrected chi connectivity index (χ3v) is 1.55. The molecule has 2 nitrogen and oxygen atoms in total. The first-order valence-corrected chi connectivity index (χ1v) is 3.28. The summed E-state index contributed by atoms with van der Waals surface area (Å²) < 4.78 is 0. The minimum absolute atomic E-state index is 0. The molecule has 0 amide bonds. The maximum atomic E-state index is 9.05. The van der Waals surface area contributed by atoms with E-state index < -0.39 is 0 Å². The van der Waals surface area contributed by atoms with Crippen molar-refractivity contribution in [1.29, 1.82) is 0 Å². The highest BCUT2D eigenvalue weighted by Crippen LogP contribution is 2.02. The van der Waals surface area contributed by atoms with E-state index >= 15 is 0 Å². The van der Waals surface area contributed by atoms with Crippen molar-refractivity contribution in [3.8, 4) is 0 Å². The van der Waals surface area contributed by atoms with Crippen LogP contribution in [0.2, 0.25) is 0 Å². The van der Waals surface area contributed by atoms with Gasteiger partial charge in [-0.25, -0.2) is 0 Å². The molecule has 1 aliphatic rings. The van der Waals surface area contributed by atoms with Gasteiger partial charge in [0.1, 0.15) is 0 Å². The van der Waals surface area contributed by atoms with Crippen LogP contribution in [0.1, 0.15) is 19.3 Å². The second-order valence-corrected chi connectivity index (χ2v) is 2.33. The van der Waals surface area contributed by atoms with Crippen LogP contribution >= 0.6 is 12.4 Å². The maximum absolute atomic E-state index is 9.05. The van der Waals surface area contributed by atoms with E-state index in [1.54, 1.807) is 0 Å². The molecule has 1 heterocycles. The van der Waals surface area contributed by atoms with Gasteiger partial charge in [-0.2, -0.15) is 0 Å². The number of rotatable bonds is 0. The van der Waals surface area contributed by atoms with Crippen LogP contribution < -0.4 is 5.32 Å². The zero-order valence-electron chi connectivity index (χ0n) is 5.47. The lowest BCUT2D eigenvalue weighted by atomic mass is 10.2. The van der Waals surface area contributed by atoms with Gasteiger partial charge in [-0.15, -0.1) is 12.4 Å². The standard InChI is InChI=1S/C6H13NO.ClH/c8-6-2-1-4-7-5-3-6;/h6-8H,1-5H2;1H. The molecule has 0 saturated carbocycles. The molecule has 0 radical (unpaired) electrons. The number of aliphatic hydroxyl groups is 1. The molecule has 2 N–H and O–H groups in total. The molecular formula is C6H14ClNO. The fourth-order valence-electron chi connectivity index (χ4n) is 1.00. The van der Waals surface area contributed by atoms with Gasteiger partial charge < -0.3 is 10.4 Å². The molecule has 0 aliphatic carbocycles. The molecule has 1 aliphatic heterocycles. The van der Waals surface area contributed by atoms with Gasteiger partial charge in [-0.3, -0.25) is 0 Å². The molecule has 1 saturated heterocycles. The average molecular weight is 152 g/mol. The number of nitrogens with one attached hydrogen (secondary N) is 1. The lowest BCUT2D eigenvalue weighted by Gasteiger charge is -2.01. The van der Waals surface area contributed by atoms with Crippen molar-refractivity contribution in [3.05, 3.63) is 0 Å². The van der Waals surface area contributed by atoms with E-state index in [2.05, 4.69) is 5.32 Å². The van der Waals surface area contributed by atoms with Crippen LogP contribution in [-0.4, -0.2) is 24.3 Å². The maximum Gasteiger partial charge on any atom is 0.0552 e. The summed E-state index contributed by atoms with van der Waals surface area (Å²) in [7, 11) is 0. The van der Waals surface area contributed by atoms with Crippen LogP contribution in [0.15, 0.2) is 0 Å². The Morgan fingerprint density at radius 2 is 2.00 bits per heavy atom. The molecule has 3 heteroatoms. The molecule has 0 aromatic heterocycles. The van der Waals surface area contributed by atoms with Crippen molar-refractivity contribution in [2.24, 2.45) is 0 Å². The summed E-state index contributed by atoms with van der Waals surface area (Å²) in [5, 5.41) is 12.3. The molecule has 0 spiro atoms. The van der Waals surface area contributed by atoms with Crippen molar-refractivity contribution in [2.75, 3.05) is 13.1 Å². The molecule has 9 heavy (non-hydrogen) atoms.